The average Bonchev–Trinajstić information content (AvgIpc) is 3.00. The number of anilines is 1. The van der Waals surface area contributed by atoms with Crippen molar-refractivity contribution in [3.63, 3.8) is 0 Å². The molecule has 5 nitrogen and oxygen atoms in total. The molecule has 3 aromatic heterocycles. The van der Waals surface area contributed by atoms with Crippen molar-refractivity contribution >= 4 is 55.7 Å². The minimum absolute atomic E-state index is 0.242. The van der Waals surface area contributed by atoms with Gasteiger partial charge in [0.05, 0.1) is 27.0 Å². The molecule has 0 unspecified atom stereocenters. The Bertz CT molecular complexity index is 1090. The summed E-state index contributed by atoms with van der Waals surface area (Å²) in [5.41, 5.74) is 3.51. The summed E-state index contributed by atoms with van der Waals surface area (Å²) < 4.78 is 0.705. The molecule has 1 aromatic carbocycles. The van der Waals surface area contributed by atoms with E-state index in [4.69, 9.17) is 11.6 Å². The highest BCUT2D eigenvalue weighted by molar-refractivity contribution is 7.18. The molecular weight excluding hydrogens is 344 g/mol. The van der Waals surface area contributed by atoms with Crippen molar-refractivity contribution in [3.8, 4) is 0 Å². The molecular formula is C17H11ClN4OS. The van der Waals surface area contributed by atoms with Gasteiger partial charge < -0.3 is 5.32 Å². The molecule has 118 valence electrons. The highest BCUT2D eigenvalue weighted by Crippen LogP contribution is 2.30. The summed E-state index contributed by atoms with van der Waals surface area (Å²) in [4.78, 5) is 25.2. The second-order valence-corrected chi connectivity index (χ2v) is 6.57. The number of carbonyl (C=O) groups is 1. The topological polar surface area (TPSA) is 67.8 Å². The zero-order chi connectivity index (χ0) is 16.7. The van der Waals surface area contributed by atoms with E-state index in [0.717, 1.165) is 16.5 Å². The number of fused-ring (bicyclic) bond motifs is 2. The lowest BCUT2D eigenvalue weighted by Gasteiger charge is -2.09. The molecule has 4 rings (SSSR count). The Hall–Kier alpha value is -2.57. The summed E-state index contributed by atoms with van der Waals surface area (Å²) in [6.07, 6.45) is 3.07. The van der Waals surface area contributed by atoms with Crippen LogP contribution in [-0.4, -0.2) is 20.9 Å². The molecule has 7 heteroatoms. The first kappa shape index (κ1) is 15.0. The second kappa shape index (κ2) is 5.81. The Morgan fingerprint density at radius 3 is 2.96 bits per heavy atom. The van der Waals surface area contributed by atoms with Gasteiger partial charge in [0.15, 0.2) is 0 Å². The van der Waals surface area contributed by atoms with Gasteiger partial charge >= 0.3 is 0 Å². The predicted molar refractivity (Wildman–Crippen MR) is 96.9 cm³/mol. The molecule has 0 aliphatic rings. The van der Waals surface area contributed by atoms with Crippen molar-refractivity contribution in [3.05, 3.63) is 58.4 Å². The molecule has 1 amide bonds. The summed E-state index contributed by atoms with van der Waals surface area (Å²) >= 11 is 7.40. The van der Waals surface area contributed by atoms with Crippen molar-refractivity contribution in [2.75, 3.05) is 5.32 Å². The predicted octanol–water partition coefficient (Wildman–Crippen LogP) is 4.45. The van der Waals surface area contributed by atoms with Gasteiger partial charge in [-0.15, -0.1) is 11.3 Å². The fourth-order valence-corrected chi connectivity index (χ4v) is 3.76. The van der Waals surface area contributed by atoms with E-state index in [1.807, 2.05) is 31.2 Å². The van der Waals surface area contributed by atoms with Gasteiger partial charge in [0.1, 0.15) is 11.5 Å². The summed E-state index contributed by atoms with van der Waals surface area (Å²) in [7, 11) is 0. The second-order valence-electron chi connectivity index (χ2n) is 5.33. The number of carbonyl (C=O) groups excluding carboxylic acids is 1. The highest BCUT2D eigenvalue weighted by atomic mass is 35.5. The van der Waals surface area contributed by atoms with Crippen molar-refractivity contribution in [2.24, 2.45) is 0 Å². The van der Waals surface area contributed by atoms with E-state index in [-0.39, 0.29) is 5.91 Å². The van der Waals surface area contributed by atoms with Crippen LogP contribution in [0.5, 0.6) is 0 Å². The SMILES string of the molecule is Cc1cc(NC(=O)c2csc3c(Cl)ncnc23)c2ncccc2c1. The van der Waals surface area contributed by atoms with Crippen LogP contribution in [0, 0.1) is 6.92 Å². The largest absolute Gasteiger partial charge is 0.320 e. The monoisotopic (exact) mass is 354 g/mol. The molecule has 0 saturated carbocycles. The third kappa shape index (κ3) is 2.50. The molecule has 0 spiro atoms. The molecule has 1 N–H and O–H groups in total. The lowest BCUT2D eigenvalue weighted by molar-refractivity contribution is 0.102. The van der Waals surface area contributed by atoms with Gasteiger partial charge in [-0.3, -0.25) is 9.78 Å². The Morgan fingerprint density at radius 1 is 1.21 bits per heavy atom. The normalized spacial score (nSPS) is 11.1. The first-order chi connectivity index (χ1) is 11.6. The first-order valence-corrected chi connectivity index (χ1v) is 8.43. The van der Waals surface area contributed by atoms with E-state index in [0.29, 0.717) is 26.6 Å². The summed E-state index contributed by atoms with van der Waals surface area (Å²) in [5, 5.41) is 6.02. The van der Waals surface area contributed by atoms with E-state index in [1.165, 1.54) is 17.7 Å². The lowest BCUT2D eigenvalue weighted by Crippen LogP contribution is -2.12. The first-order valence-electron chi connectivity index (χ1n) is 7.18. The molecule has 0 radical (unpaired) electrons. The van der Waals surface area contributed by atoms with Crippen LogP contribution in [-0.2, 0) is 0 Å². The van der Waals surface area contributed by atoms with Crippen LogP contribution in [0.4, 0.5) is 5.69 Å². The highest BCUT2D eigenvalue weighted by Gasteiger charge is 2.17. The van der Waals surface area contributed by atoms with Crippen molar-refractivity contribution in [1.29, 1.82) is 0 Å². The molecule has 24 heavy (non-hydrogen) atoms. The summed E-state index contributed by atoms with van der Waals surface area (Å²) in [6.45, 7) is 1.98. The molecule has 0 aliphatic heterocycles. The number of aromatic nitrogens is 3. The van der Waals surface area contributed by atoms with E-state index >= 15 is 0 Å². The van der Waals surface area contributed by atoms with Crippen LogP contribution in [0.15, 0.2) is 42.2 Å². The van der Waals surface area contributed by atoms with Crippen molar-refractivity contribution in [1.82, 2.24) is 15.0 Å². The Morgan fingerprint density at radius 2 is 2.08 bits per heavy atom. The molecule has 3 heterocycles. The molecule has 0 saturated heterocycles. The van der Waals surface area contributed by atoms with E-state index in [2.05, 4.69) is 20.3 Å². The average molecular weight is 355 g/mol. The number of thiophene rings is 1. The third-order valence-corrected chi connectivity index (χ3v) is 5.03. The van der Waals surface area contributed by atoms with Crippen LogP contribution in [0.25, 0.3) is 21.1 Å². The van der Waals surface area contributed by atoms with Gasteiger partial charge in [-0.05, 0) is 30.7 Å². The van der Waals surface area contributed by atoms with E-state index < -0.39 is 0 Å². The van der Waals surface area contributed by atoms with Gasteiger partial charge in [-0.1, -0.05) is 17.7 Å². The number of rotatable bonds is 2. The summed E-state index contributed by atoms with van der Waals surface area (Å²) in [5.74, 6) is -0.242. The van der Waals surface area contributed by atoms with E-state index in [9.17, 15) is 4.79 Å². The number of amides is 1. The van der Waals surface area contributed by atoms with Gasteiger partial charge in [0.2, 0.25) is 0 Å². The minimum atomic E-state index is -0.242. The number of benzene rings is 1. The fraction of sp³-hybridized carbons (Fsp3) is 0.0588. The number of halogens is 1. The van der Waals surface area contributed by atoms with Gasteiger partial charge in [-0.2, -0.15) is 0 Å². The van der Waals surface area contributed by atoms with Crippen LogP contribution < -0.4 is 5.32 Å². The number of aryl methyl sites for hydroxylation is 1. The number of nitrogens with zero attached hydrogens (tertiary/aromatic N) is 3. The van der Waals surface area contributed by atoms with Crippen molar-refractivity contribution < 1.29 is 4.79 Å². The maximum atomic E-state index is 12.7. The number of pyridine rings is 1. The van der Waals surface area contributed by atoms with Gasteiger partial charge in [0.25, 0.3) is 5.91 Å². The molecule has 0 bridgehead atoms. The Kier molecular flexibility index (Phi) is 3.63. The van der Waals surface area contributed by atoms with Gasteiger partial charge in [-0.25, -0.2) is 9.97 Å². The standard InChI is InChI=1S/C17H11ClN4OS/c1-9-5-10-3-2-4-19-13(10)12(6-9)22-17(23)11-7-24-15-14(11)20-8-21-16(15)18/h2-8H,1H3,(H,22,23). The van der Waals surface area contributed by atoms with E-state index in [1.54, 1.807) is 11.6 Å². The minimum Gasteiger partial charge on any atom is -0.320 e. The maximum absolute atomic E-state index is 12.7. The smallest absolute Gasteiger partial charge is 0.258 e. The Balaban J connectivity index is 1.78. The lowest BCUT2D eigenvalue weighted by atomic mass is 10.1. The zero-order valence-electron chi connectivity index (χ0n) is 12.6. The van der Waals surface area contributed by atoms with Gasteiger partial charge in [0, 0.05) is 17.0 Å². The fourth-order valence-electron chi connectivity index (χ4n) is 2.61. The van der Waals surface area contributed by atoms with Crippen molar-refractivity contribution in [2.45, 2.75) is 6.92 Å². The molecule has 4 aromatic rings. The maximum Gasteiger partial charge on any atom is 0.258 e. The number of nitrogens with one attached hydrogen (secondary N) is 1. The van der Waals surface area contributed by atoms with Crippen LogP contribution >= 0.6 is 22.9 Å². The quantitative estimate of drug-likeness (QED) is 0.540. The molecule has 0 fully saturated rings. The number of hydrogen-bond donors (Lipinski definition) is 1. The van der Waals surface area contributed by atoms with Crippen LogP contribution in [0.3, 0.4) is 0 Å². The molecule has 0 atom stereocenters. The van der Waals surface area contributed by atoms with Crippen LogP contribution in [0.1, 0.15) is 15.9 Å². The Labute approximate surface area is 146 Å². The summed E-state index contributed by atoms with van der Waals surface area (Å²) in [6, 6.07) is 7.78. The number of hydrogen-bond acceptors (Lipinski definition) is 5. The zero-order valence-corrected chi connectivity index (χ0v) is 14.1. The molecule has 0 aliphatic carbocycles. The third-order valence-electron chi connectivity index (χ3n) is 3.65. The van der Waals surface area contributed by atoms with Crippen LogP contribution in [0.2, 0.25) is 5.15 Å².